The van der Waals surface area contributed by atoms with Gasteiger partial charge in [-0.2, -0.15) is 0 Å². The van der Waals surface area contributed by atoms with Crippen molar-refractivity contribution in [2.45, 2.75) is 25.9 Å². The summed E-state index contributed by atoms with van der Waals surface area (Å²) in [6.07, 6.45) is -0.514. The second-order valence-corrected chi connectivity index (χ2v) is 4.11. The molecule has 1 heterocycles. The number of benzene rings is 1. The summed E-state index contributed by atoms with van der Waals surface area (Å²) < 4.78 is 10.3. The molecule has 0 fully saturated rings. The Hall–Kier alpha value is -2.37. The number of fused-ring (bicyclic) bond motifs is 1. The summed E-state index contributed by atoms with van der Waals surface area (Å²) in [6.45, 7) is 1.43. The Morgan fingerprint density at radius 3 is 2.84 bits per heavy atom. The van der Waals surface area contributed by atoms with Crippen LogP contribution in [0.5, 0.6) is 0 Å². The Labute approximate surface area is 109 Å². The van der Waals surface area contributed by atoms with E-state index in [0.29, 0.717) is 17.9 Å². The van der Waals surface area contributed by atoms with E-state index in [9.17, 15) is 9.59 Å². The molecule has 6 nitrogen and oxygen atoms in total. The maximum atomic E-state index is 11.4. The maximum absolute atomic E-state index is 11.4. The van der Waals surface area contributed by atoms with Crippen LogP contribution in [0.1, 0.15) is 19.2 Å². The molecule has 2 rings (SSSR count). The van der Waals surface area contributed by atoms with E-state index in [1.54, 1.807) is 6.07 Å². The van der Waals surface area contributed by atoms with E-state index in [-0.39, 0.29) is 6.42 Å². The quantitative estimate of drug-likeness (QED) is 0.816. The molecule has 0 unspecified atom stereocenters. The van der Waals surface area contributed by atoms with Crippen LogP contribution < -0.4 is 5.73 Å². The number of carbonyl (C=O) groups is 2. The number of oxazole rings is 1. The number of carbonyl (C=O) groups excluding carboxylic acids is 2. The average Bonchev–Trinajstić information content (AvgIpc) is 2.78. The normalized spacial score (nSPS) is 12.3. The van der Waals surface area contributed by atoms with Gasteiger partial charge in [0, 0.05) is 6.42 Å². The molecule has 1 aromatic carbocycles. The molecule has 19 heavy (non-hydrogen) atoms. The predicted molar refractivity (Wildman–Crippen MR) is 67.1 cm³/mol. The molecule has 1 atom stereocenters. The van der Waals surface area contributed by atoms with E-state index in [2.05, 4.69) is 4.98 Å². The van der Waals surface area contributed by atoms with Gasteiger partial charge in [0.1, 0.15) is 5.52 Å². The second kappa shape index (κ2) is 5.51. The number of esters is 1. The fraction of sp³-hybridized carbons (Fsp3) is 0.308. The summed E-state index contributed by atoms with van der Waals surface area (Å²) in [4.78, 5) is 26.4. The monoisotopic (exact) mass is 262 g/mol. The van der Waals surface area contributed by atoms with Gasteiger partial charge in [0.2, 0.25) is 0 Å². The first-order valence-electron chi connectivity index (χ1n) is 5.89. The van der Waals surface area contributed by atoms with Gasteiger partial charge in [-0.15, -0.1) is 0 Å². The molecule has 0 aliphatic carbocycles. The van der Waals surface area contributed by atoms with Crippen LogP contribution in [0.25, 0.3) is 11.1 Å². The summed E-state index contributed by atoms with van der Waals surface area (Å²) in [5.74, 6) is -0.714. The molecule has 1 aromatic heterocycles. The summed E-state index contributed by atoms with van der Waals surface area (Å²) in [6, 6.07) is 7.34. The van der Waals surface area contributed by atoms with Crippen molar-refractivity contribution in [2.24, 2.45) is 5.73 Å². The molecule has 0 aliphatic heterocycles. The lowest BCUT2D eigenvalue weighted by Crippen LogP contribution is -2.30. The minimum Gasteiger partial charge on any atom is -0.453 e. The third kappa shape index (κ3) is 3.31. The van der Waals surface area contributed by atoms with Crippen LogP contribution in [0.4, 0.5) is 0 Å². The highest BCUT2D eigenvalue weighted by molar-refractivity contribution is 5.81. The molecule has 0 radical (unpaired) electrons. The minimum absolute atomic E-state index is 0.0877. The lowest BCUT2D eigenvalue weighted by Gasteiger charge is -2.08. The van der Waals surface area contributed by atoms with Gasteiger partial charge < -0.3 is 14.9 Å². The van der Waals surface area contributed by atoms with Gasteiger partial charge in [0.25, 0.3) is 5.91 Å². The Morgan fingerprint density at radius 1 is 1.42 bits per heavy atom. The molecule has 2 aromatic rings. The van der Waals surface area contributed by atoms with Crippen LogP contribution in [-0.4, -0.2) is 23.0 Å². The zero-order chi connectivity index (χ0) is 13.8. The predicted octanol–water partition coefficient (Wildman–Crippen LogP) is 1.18. The molecule has 6 heteroatoms. The van der Waals surface area contributed by atoms with Gasteiger partial charge in [0.15, 0.2) is 17.6 Å². The number of nitrogens with zero attached hydrogens (tertiary/aromatic N) is 1. The van der Waals surface area contributed by atoms with Crippen LogP contribution in [0.2, 0.25) is 0 Å². The number of hydrogen-bond acceptors (Lipinski definition) is 5. The number of ether oxygens (including phenoxy) is 1. The fourth-order valence-corrected chi connectivity index (χ4v) is 1.55. The smallest absolute Gasteiger partial charge is 0.307 e. The summed E-state index contributed by atoms with van der Waals surface area (Å²) in [5.41, 5.74) is 6.42. The van der Waals surface area contributed by atoms with E-state index in [0.717, 1.165) is 5.52 Å². The Bertz CT molecular complexity index is 572. The molecular weight excluding hydrogens is 248 g/mol. The van der Waals surface area contributed by atoms with Crippen molar-refractivity contribution in [2.75, 3.05) is 0 Å². The zero-order valence-corrected chi connectivity index (χ0v) is 10.5. The van der Waals surface area contributed by atoms with Crippen molar-refractivity contribution in [3.05, 3.63) is 30.2 Å². The van der Waals surface area contributed by atoms with Crippen LogP contribution in [0, 0.1) is 0 Å². The van der Waals surface area contributed by atoms with Gasteiger partial charge in [0.05, 0.1) is 6.42 Å². The van der Waals surface area contributed by atoms with Gasteiger partial charge in [-0.3, -0.25) is 9.59 Å². The molecule has 0 aliphatic rings. The van der Waals surface area contributed by atoms with E-state index >= 15 is 0 Å². The Kier molecular flexibility index (Phi) is 3.79. The topological polar surface area (TPSA) is 95.4 Å². The maximum Gasteiger partial charge on any atom is 0.307 e. The first kappa shape index (κ1) is 13.1. The first-order valence-corrected chi connectivity index (χ1v) is 5.89. The number of hydrogen-bond donors (Lipinski definition) is 1. The van der Waals surface area contributed by atoms with Gasteiger partial charge >= 0.3 is 5.97 Å². The molecule has 2 N–H and O–H groups in total. The molecule has 1 amide bonds. The summed E-state index contributed by atoms with van der Waals surface area (Å²) in [5, 5.41) is 0. The van der Waals surface area contributed by atoms with Crippen molar-refractivity contribution in [1.29, 1.82) is 0 Å². The average molecular weight is 262 g/mol. The Morgan fingerprint density at radius 2 is 2.16 bits per heavy atom. The molecule has 100 valence electrons. The number of rotatable bonds is 5. The number of amides is 1. The lowest BCUT2D eigenvalue weighted by molar-refractivity contribution is -0.153. The van der Waals surface area contributed by atoms with Crippen LogP contribution in [0.15, 0.2) is 28.7 Å². The summed E-state index contributed by atoms with van der Waals surface area (Å²) >= 11 is 0. The van der Waals surface area contributed by atoms with E-state index in [1.807, 2.05) is 18.2 Å². The van der Waals surface area contributed by atoms with Crippen molar-refractivity contribution >= 4 is 23.0 Å². The Balaban J connectivity index is 1.91. The molecule has 0 spiro atoms. The van der Waals surface area contributed by atoms with E-state index in [1.165, 1.54) is 6.92 Å². The molecule has 0 bridgehead atoms. The highest BCUT2D eigenvalue weighted by atomic mass is 16.5. The largest absolute Gasteiger partial charge is 0.453 e. The third-order valence-electron chi connectivity index (χ3n) is 2.59. The van der Waals surface area contributed by atoms with Gasteiger partial charge in [-0.25, -0.2) is 4.98 Å². The lowest BCUT2D eigenvalue weighted by atomic mass is 10.3. The van der Waals surface area contributed by atoms with Crippen molar-refractivity contribution in [3.8, 4) is 0 Å². The highest BCUT2D eigenvalue weighted by Crippen LogP contribution is 2.15. The fourth-order valence-electron chi connectivity index (χ4n) is 1.55. The number of primary amides is 1. The first-order chi connectivity index (χ1) is 9.06. The molecule has 0 saturated heterocycles. The van der Waals surface area contributed by atoms with Crippen molar-refractivity contribution in [3.63, 3.8) is 0 Å². The SMILES string of the molecule is C[C@@H](OC(=O)CCc1nc2ccccc2o1)C(N)=O. The number of para-hydroxylation sites is 2. The van der Waals surface area contributed by atoms with E-state index < -0.39 is 18.0 Å². The van der Waals surface area contributed by atoms with Crippen LogP contribution in [-0.2, 0) is 20.7 Å². The van der Waals surface area contributed by atoms with E-state index in [4.69, 9.17) is 14.9 Å². The number of nitrogens with two attached hydrogens (primary N) is 1. The van der Waals surface area contributed by atoms with Crippen molar-refractivity contribution in [1.82, 2.24) is 4.98 Å². The third-order valence-corrected chi connectivity index (χ3v) is 2.59. The molecule has 0 saturated carbocycles. The standard InChI is InChI=1S/C13H14N2O4/c1-8(13(14)17)18-12(16)7-6-11-15-9-4-2-3-5-10(9)19-11/h2-5,8H,6-7H2,1H3,(H2,14,17)/t8-/m1/s1. The van der Waals surface area contributed by atoms with Gasteiger partial charge in [-0.1, -0.05) is 12.1 Å². The zero-order valence-electron chi connectivity index (χ0n) is 10.5. The number of aromatic nitrogens is 1. The van der Waals surface area contributed by atoms with Crippen LogP contribution in [0.3, 0.4) is 0 Å². The van der Waals surface area contributed by atoms with Gasteiger partial charge in [-0.05, 0) is 19.1 Å². The second-order valence-electron chi connectivity index (χ2n) is 4.11. The van der Waals surface area contributed by atoms with Crippen LogP contribution >= 0.6 is 0 Å². The molecular formula is C13H14N2O4. The summed E-state index contributed by atoms with van der Waals surface area (Å²) in [7, 11) is 0. The van der Waals surface area contributed by atoms with Crippen molar-refractivity contribution < 1.29 is 18.7 Å². The minimum atomic E-state index is -0.920. The number of aryl methyl sites for hydroxylation is 1. The highest BCUT2D eigenvalue weighted by Gasteiger charge is 2.15.